The van der Waals surface area contributed by atoms with E-state index < -0.39 is 0 Å². The van der Waals surface area contributed by atoms with Gasteiger partial charge in [0, 0.05) is 31.1 Å². The molecule has 0 radical (unpaired) electrons. The van der Waals surface area contributed by atoms with Gasteiger partial charge in [-0.15, -0.1) is 0 Å². The monoisotopic (exact) mass is 448 g/mol. The van der Waals surface area contributed by atoms with Crippen molar-refractivity contribution in [2.45, 2.75) is 71.9 Å². The Morgan fingerprint density at radius 1 is 1.00 bits per heavy atom. The van der Waals surface area contributed by atoms with E-state index in [0.29, 0.717) is 13.0 Å². The van der Waals surface area contributed by atoms with E-state index in [1.807, 2.05) is 80.3 Å². The molecule has 0 fully saturated rings. The molecule has 0 atom stereocenters. The Labute approximate surface area is 197 Å². The van der Waals surface area contributed by atoms with Crippen LogP contribution in [0, 0.1) is 0 Å². The Hall–Kier alpha value is -3.15. The lowest BCUT2D eigenvalue weighted by atomic mass is 10.2. The molecule has 0 unspecified atom stereocenters. The van der Waals surface area contributed by atoms with Crippen LogP contribution in [0.3, 0.4) is 0 Å². The molecule has 0 spiro atoms. The van der Waals surface area contributed by atoms with Gasteiger partial charge in [-0.25, -0.2) is 4.98 Å². The maximum atomic E-state index is 13.4. The van der Waals surface area contributed by atoms with Crippen LogP contribution in [-0.2, 0) is 22.6 Å². The number of hydrogen-bond acceptors (Lipinski definition) is 3. The summed E-state index contributed by atoms with van der Waals surface area (Å²) in [6.07, 6.45) is 5.19. The van der Waals surface area contributed by atoms with Crippen LogP contribution in [0.1, 0.15) is 58.7 Å². The van der Waals surface area contributed by atoms with Crippen LogP contribution in [0.5, 0.6) is 0 Å². The molecular weight excluding hydrogens is 412 g/mol. The van der Waals surface area contributed by atoms with Crippen molar-refractivity contribution in [2.75, 3.05) is 11.4 Å². The van der Waals surface area contributed by atoms with Gasteiger partial charge < -0.3 is 14.8 Å². The molecule has 0 saturated heterocycles. The van der Waals surface area contributed by atoms with Gasteiger partial charge in [0.2, 0.25) is 11.8 Å². The Kier molecular flexibility index (Phi) is 9.04. The summed E-state index contributed by atoms with van der Waals surface area (Å²) in [6.45, 7) is 7.06. The van der Waals surface area contributed by atoms with E-state index in [-0.39, 0.29) is 24.4 Å². The Bertz CT molecular complexity index is 1040. The molecule has 0 bridgehead atoms. The molecule has 33 heavy (non-hydrogen) atoms. The number of aryl methyl sites for hydroxylation is 1. The van der Waals surface area contributed by atoms with Crippen molar-refractivity contribution in [3.8, 4) is 0 Å². The number of carbonyl (C=O) groups is 2. The zero-order valence-electron chi connectivity index (χ0n) is 20.1. The number of aromatic nitrogens is 2. The fraction of sp³-hybridized carbons (Fsp3) is 0.444. The minimum absolute atomic E-state index is 0.0549. The number of unbranched alkanes of at least 4 members (excludes halogenated alkanes) is 2. The van der Waals surface area contributed by atoms with Gasteiger partial charge in [0.05, 0.1) is 11.0 Å². The summed E-state index contributed by atoms with van der Waals surface area (Å²) in [5.74, 6) is 1.13. The average molecular weight is 449 g/mol. The zero-order valence-corrected chi connectivity index (χ0v) is 20.1. The summed E-state index contributed by atoms with van der Waals surface area (Å²) in [6, 6.07) is 17.9. The van der Waals surface area contributed by atoms with Crippen LogP contribution >= 0.6 is 0 Å². The molecule has 2 aromatic carbocycles. The van der Waals surface area contributed by atoms with Gasteiger partial charge in [-0.3, -0.25) is 9.59 Å². The van der Waals surface area contributed by atoms with Crippen LogP contribution in [0.25, 0.3) is 11.0 Å². The lowest BCUT2D eigenvalue weighted by molar-refractivity contribution is -0.121. The summed E-state index contributed by atoms with van der Waals surface area (Å²) in [5.41, 5.74) is 2.82. The SMILES string of the molecule is CCCC(=O)NCCCCCc1nc2ccccc2n1CC(=O)N(c1ccccc1)C(C)C. The average Bonchev–Trinajstić information content (AvgIpc) is 3.14. The third-order valence-electron chi connectivity index (χ3n) is 5.72. The normalized spacial score (nSPS) is 11.2. The first-order valence-corrected chi connectivity index (χ1v) is 12.1. The number of benzene rings is 2. The summed E-state index contributed by atoms with van der Waals surface area (Å²) >= 11 is 0. The number of imidazole rings is 1. The zero-order chi connectivity index (χ0) is 23.6. The molecule has 3 rings (SSSR count). The van der Waals surface area contributed by atoms with E-state index in [1.54, 1.807) is 0 Å². The van der Waals surface area contributed by atoms with Crippen molar-refractivity contribution in [3.63, 3.8) is 0 Å². The molecule has 176 valence electrons. The summed E-state index contributed by atoms with van der Waals surface area (Å²) in [4.78, 5) is 31.7. The number of para-hydroxylation sites is 3. The molecule has 0 saturated carbocycles. The fourth-order valence-electron chi connectivity index (χ4n) is 4.15. The third-order valence-corrected chi connectivity index (χ3v) is 5.72. The van der Waals surface area contributed by atoms with Gasteiger partial charge in [0.25, 0.3) is 0 Å². The number of fused-ring (bicyclic) bond motifs is 1. The second-order valence-corrected chi connectivity index (χ2v) is 8.71. The van der Waals surface area contributed by atoms with E-state index in [2.05, 4.69) is 9.88 Å². The Balaban J connectivity index is 1.68. The molecule has 6 nitrogen and oxygen atoms in total. The van der Waals surface area contributed by atoms with Crippen molar-refractivity contribution in [2.24, 2.45) is 0 Å². The standard InChI is InChI=1S/C27H36N4O2/c1-4-13-26(32)28-19-12-6-9-18-25-29-23-16-10-11-17-24(23)30(25)20-27(33)31(21(2)3)22-14-7-5-8-15-22/h5,7-8,10-11,14-17,21H,4,6,9,12-13,18-20H2,1-3H3,(H,28,32). The molecule has 1 aromatic heterocycles. The molecule has 0 aliphatic rings. The Morgan fingerprint density at radius 2 is 1.73 bits per heavy atom. The number of nitrogens with one attached hydrogen (secondary N) is 1. The van der Waals surface area contributed by atoms with Crippen molar-refractivity contribution < 1.29 is 9.59 Å². The van der Waals surface area contributed by atoms with E-state index >= 15 is 0 Å². The number of hydrogen-bond donors (Lipinski definition) is 1. The smallest absolute Gasteiger partial charge is 0.247 e. The second-order valence-electron chi connectivity index (χ2n) is 8.71. The highest BCUT2D eigenvalue weighted by molar-refractivity contribution is 5.94. The number of carbonyl (C=O) groups excluding carboxylic acids is 2. The van der Waals surface area contributed by atoms with Crippen molar-refractivity contribution >= 4 is 28.5 Å². The summed E-state index contributed by atoms with van der Waals surface area (Å²) < 4.78 is 2.07. The number of nitrogens with zero attached hydrogens (tertiary/aromatic N) is 3. The van der Waals surface area contributed by atoms with Crippen molar-refractivity contribution in [3.05, 3.63) is 60.4 Å². The first kappa shape index (κ1) is 24.5. The van der Waals surface area contributed by atoms with Gasteiger partial charge >= 0.3 is 0 Å². The Morgan fingerprint density at radius 3 is 2.45 bits per heavy atom. The van der Waals surface area contributed by atoms with Gasteiger partial charge in [-0.1, -0.05) is 43.7 Å². The lowest BCUT2D eigenvalue weighted by Crippen LogP contribution is -2.39. The lowest BCUT2D eigenvalue weighted by Gasteiger charge is -2.27. The molecule has 0 aliphatic heterocycles. The molecule has 2 amide bonds. The predicted octanol–water partition coefficient (Wildman–Crippen LogP) is 5.11. The van der Waals surface area contributed by atoms with Gasteiger partial charge in [0.15, 0.2) is 0 Å². The highest BCUT2D eigenvalue weighted by Gasteiger charge is 2.21. The fourth-order valence-corrected chi connectivity index (χ4v) is 4.15. The molecule has 1 heterocycles. The topological polar surface area (TPSA) is 67.2 Å². The summed E-state index contributed by atoms with van der Waals surface area (Å²) in [5, 5.41) is 2.97. The molecule has 0 aliphatic carbocycles. The van der Waals surface area contributed by atoms with Crippen molar-refractivity contribution in [1.82, 2.24) is 14.9 Å². The molecule has 3 aromatic rings. The van der Waals surface area contributed by atoms with Crippen LogP contribution in [0.15, 0.2) is 54.6 Å². The van der Waals surface area contributed by atoms with Crippen LogP contribution in [-0.4, -0.2) is 34.0 Å². The predicted molar refractivity (Wildman–Crippen MR) is 134 cm³/mol. The van der Waals surface area contributed by atoms with E-state index in [1.165, 1.54) is 0 Å². The van der Waals surface area contributed by atoms with E-state index in [9.17, 15) is 9.59 Å². The van der Waals surface area contributed by atoms with Crippen LogP contribution < -0.4 is 10.2 Å². The van der Waals surface area contributed by atoms with Crippen LogP contribution in [0.4, 0.5) is 5.69 Å². The largest absolute Gasteiger partial charge is 0.356 e. The first-order chi connectivity index (χ1) is 16.0. The van der Waals surface area contributed by atoms with E-state index in [0.717, 1.165) is 54.6 Å². The van der Waals surface area contributed by atoms with Gasteiger partial charge in [0.1, 0.15) is 12.4 Å². The van der Waals surface area contributed by atoms with E-state index in [4.69, 9.17) is 4.98 Å². The number of anilines is 1. The summed E-state index contributed by atoms with van der Waals surface area (Å²) in [7, 11) is 0. The van der Waals surface area contributed by atoms with Gasteiger partial charge in [-0.05, 0) is 57.4 Å². The minimum Gasteiger partial charge on any atom is -0.356 e. The highest BCUT2D eigenvalue weighted by Crippen LogP contribution is 2.21. The highest BCUT2D eigenvalue weighted by atomic mass is 16.2. The quantitative estimate of drug-likeness (QED) is 0.392. The number of amides is 2. The second kappa shape index (κ2) is 12.2. The van der Waals surface area contributed by atoms with Crippen molar-refractivity contribution in [1.29, 1.82) is 0 Å². The maximum absolute atomic E-state index is 13.4. The molecular formula is C27H36N4O2. The minimum atomic E-state index is 0.0549. The van der Waals surface area contributed by atoms with Gasteiger partial charge in [-0.2, -0.15) is 0 Å². The third kappa shape index (κ3) is 6.67. The molecule has 1 N–H and O–H groups in total. The number of rotatable bonds is 12. The first-order valence-electron chi connectivity index (χ1n) is 12.1. The van der Waals surface area contributed by atoms with Crippen LogP contribution in [0.2, 0.25) is 0 Å². The maximum Gasteiger partial charge on any atom is 0.247 e. The molecule has 6 heteroatoms.